The first-order chi connectivity index (χ1) is 11.6. The second-order valence-electron chi connectivity index (χ2n) is 7.16. The summed E-state index contributed by atoms with van der Waals surface area (Å²) in [5, 5.41) is 14.7. The number of aromatic nitrogens is 2. The maximum Gasteiger partial charge on any atom is 0.267 e. The van der Waals surface area contributed by atoms with Gasteiger partial charge in [0.15, 0.2) is 0 Å². The van der Waals surface area contributed by atoms with Gasteiger partial charge in [-0.05, 0) is 45.1 Å². The molecule has 0 aromatic carbocycles. The van der Waals surface area contributed by atoms with E-state index in [4.69, 9.17) is 0 Å². The van der Waals surface area contributed by atoms with Crippen molar-refractivity contribution in [3.8, 4) is 0 Å². The first-order valence-corrected chi connectivity index (χ1v) is 8.97. The summed E-state index contributed by atoms with van der Waals surface area (Å²) in [4.78, 5) is 28.5. The van der Waals surface area contributed by atoms with Crippen LogP contribution < -0.4 is 5.56 Å². The molecule has 0 saturated carbocycles. The zero-order chi connectivity index (χ0) is 17.1. The Morgan fingerprint density at radius 3 is 2.58 bits per heavy atom. The van der Waals surface area contributed by atoms with Gasteiger partial charge in [0.25, 0.3) is 5.56 Å². The lowest BCUT2D eigenvalue weighted by Crippen LogP contribution is -2.50. The Morgan fingerprint density at radius 1 is 1.21 bits per heavy atom. The van der Waals surface area contributed by atoms with E-state index in [-0.39, 0.29) is 24.5 Å². The molecule has 0 aliphatic carbocycles. The summed E-state index contributed by atoms with van der Waals surface area (Å²) in [7, 11) is 0. The summed E-state index contributed by atoms with van der Waals surface area (Å²) in [6.07, 6.45) is 4.40. The molecule has 1 aromatic rings. The van der Waals surface area contributed by atoms with E-state index in [0.29, 0.717) is 17.5 Å². The van der Waals surface area contributed by atoms with Crippen molar-refractivity contribution in [1.82, 2.24) is 20.0 Å². The topological polar surface area (TPSA) is 92.4 Å². The number of nitrogens with one attached hydrogen (secondary N) is 2. The van der Waals surface area contributed by atoms with Crippen LogP contribution in [0.5, 0.6) is 0 Å². The highest BCUT2D eigenvalue weighted by Crippen LogP contribution is 2.24. The van der Waals surface area contributed by atoms with Gasteiger partial charge in [-0.1, -0.05) is 0 Å². The largest absolute Gasteiger partial charge is 0.396 e. The predicted molar refractivity (Wildman–Crippen MR) is 90.8 cm³/mol. The molecular weight excluding hydrogens is 308 g/mol. The van der Waals surface area contributed by atoms with Crippen LogP contribution in [0.4, 0.5) is 0 Å². The molecule has 7 heteroatoms. The van der Waals surface area contributed by atoms with Gasteiger partial charge in [-0.2, -0.15) is 0 Å². The average Bonchev–Trinajstić information content (AvgIpc) is 2.94. The van der Waals surface area contributed by atoms with E-state index in [0.717, 1.165) is 57.6 Å². The number of likely N-dealkylation sites (tertiary alicyclic amines) is 2. The van der Waals surface area contributed by atoms with E-state index >= 15 is 0 Å². The number of amides is 1. The fourth-order valence-corrected chi connectivity index (χ4v) is 4.01. The van der Waals surface area contributed by atoms with Gasteiger partial charge in [-0.3, -0.25) is 19.6 Å². The van der Waals surface area contributed by atoms with E-state index in [2.05, 4.69) is 15.1 Å². The first kappa shape index (κ1) is 17.2. The summed E-state index contributed by atoms with van der Waals surface area (Å²) in [5.41, 5.74) is 1.09. The third kappa shape index (κ3) is 3.72. The third-order valence-electron chi connectivity index (χ3n) is 5.56. The van der Waals surface area contributed by atoms with Gasteiger partial charge in [0, 0.05) is 43.5 Å². The summed E-state index contributed by atoms with van der Waals surface area (Å²) < 4.78 is 0. The Balaban J connectivity index is 1.51. The normalized spacial score (nSPS) is 23.6. The first-order valence-electron chi connectivity index (χ1n) is 8.97. The summed E-state index contributed by atoms with van der Waals surface area (Å²) in [5.74, 6) is 0.440. The van der Waals surface area contributed by atoms with E-state index in [1.165, 1.54) is 0 Å². The highest BCUT2D eigenvalue weighted by Gasteiger charge is 2.30. The van der Waals surface area contributed by atoms with Crippen LogP contribution in [0, 0.1) is 12.8 Å². The fraction of sp³-hybridized carbons (Fsp3) is 0.765. The molecule has 3 heterocycles. The van der Waals surface area contributed by atoms with Gasteiger partial charge in [-0.15, -0.1) is 0 Å². The zero-order valence-electron chi connectivity index (χ0n) is 14.4. The quantitative estimate of drug-likeness (QED) is 0.735. The maximum atomic E-state index is 12.5. The number of H-pyrrole nitrogens is 2. The van der Waals surface area contributed by atoms with Gasteiger partial charge in [0.2, 0.25) is 5.91 Å². The Hall–Kier alpha value is -1.60. The number of carbonyl (C=O) groups is 1. The minimum Gasteiger partial charge on any atom is -0.396 e. The maximum absolute atomic E-state index is 12.5. The van der Waals surface area contributed by atoms with Crippen molar-refractivity contribution >= 4 is 5.91 Å². The van der Waals surface area contributed by atoms with Crippen molar-refractivity contribution < 1.29 is 9.90 Å². The lowest BCUT2D eigenvalue weighted by atomic mass is 9.94. The number of hydrogen-bond donors (Lipinski definition) is 3. The van der Waals surface area contributed by atoms with Crippen LogP contribution in [-0.2, 0) is 11.2 Å². The SMILES string of the molecule is Cc1[nH][nH]c(=O)c1CC(=O)N1CCC(N2CCCC(CO)C2)CC1. The lowest BCUT2D eigenvalue weighted by Gasteiger charge is -2.42. The summed E-state index contributed by atoms with van der Waals surface area (Å²) in [6, 6.07) is 0.515. The molecule has 0 bridgehead atoms. The van der Waals surface area contributed by atoms with E-state index in [1.54, 1.807) is 6.92 Å². The second-order valence-corrected chi connectivity index (χ2v) is 7.16. The molecular formula is C17H28N4O3. The monoisotopic (exact) mass is 336 g/mol. The van der Waals surface area contributed by atoms with E-state index in [9.17, 15) is 14.7 Å². The third-order valence-corrected chi connectivity index (χ3v) is 5.56. The van der Waals surface area contributed by atoms with E-state index < -0.39 is 0 Å². The van der Waals surface area contributed by atoms with Crippen molar-refractivity contribution in [2.45, 2.75) is 45.1 Å². The van der Waals surface area contributed by atoms with Gasteiger partial charge in [0.05, 0.1) is 6.42 Å². The molecule has 3 rings (SSSR count). The van der Waals surface area contributed by atoms with Crippen molar-refractivity contribution in [3.63, 3.8) is 0 Å². The van der Waals surface area contributed by atoms with E-state index in [1.807, 2.05) is 4.90 Å². The molecule has 134 valence electrons. The highest BCUT2D eigenvalue weighted by atomic mass is 16.3. The van der Waals surface area contributed by atoms with Crippen LogP contribution >= 0.6 is 0 Å². The second kappa shape index (κ2) is 7.53. The Kier molecular flexibility index (Phi) is 5.40. The molecule has 2 aliphatic heterocycles. The molecule has 1 aromatic heterocycles. The number of aliphatic hydroxyl groups is 1. The minimum absolute atomic E-state index is 0.0357. The van der Waals surface area contributed by atoms with Gasteiger partial charge in [-0.25, -0.2) is 0 Å². The number of hydrogen-bond acceptors (Lipinski definition) is 4. The van der Waals surface area contributed by atoms with Crippen LogP contribution in [0.1, 0.15) is 36.9 Å². The molecule has 3 N–H and O–H groups in total. The molecule has 2 fully saturated rings. The van der Waals surface area contributed by atoms with Crippen molar-refractivity contribution in [2.75, 3.05) is 32.8 Å². The molecule has 0 radical (unpaired) electrons. The summed E-state index contributed by atoms with van der Waals surface area (Å²) >= 11 is 0. The summed E-state index contributed by atoms with van der Waals surface area (Å²) in [6.45, 7) is 5.68. The highest BCUT2D eigenvalue weighted by molar-refractivity contribution is 5.79. The smallest absolute Gasteiger partial charge is 0.267 e. The van der Waals surface area contributed by atoms with Crippen molar-refractivity contribution in [2.24, 2.45) is 5.92 Å². The Morgan fingerprint density at radius 2 is 1.96 bits per heavy atom. The van der Waals surface area contributed by atoms with Crippen LogP contribution in [0.15, 0.2) is 4.79 Å². The Bertz CT molecular complexity index is 616. The molecule has 24 heavy (non-hydrogen) atoms. The van der Waals surface area contributed by atoms with Crippen LogP contribution in [0.3, 0.4) is 0 Å². The van der Waals surface area contributed by atoms with Gasteiger partial charge >= 0.3 is 0 Å². The molecule has 0 spiro atoms. The number of rotatable bonds is 4. The van der Waals surface area contributed by atoms with Crippen molar-refractivity contribution in [1.29, 1.82) is 0 Å². The number of carbonyl (C=O) groups excluding carboxylic acids is 1. The fourth-order valence-electron chi connectivity index (χ4n) is 4.01. The number of aliphatic hydroxyl groups excluding tert-OH is 1. The molecule has 7 nitrogen and oxygen atoms in total. The average molecular weight is 336 g/mol. The standard InChI is InChI=1S/C17H28N4O3/c1-12-15(17(24)19-18-12)9-16(23)20-7-4-14(5-8-20)21-6-2-3-13(10-21)11-22/h13-14,22H,2-11H2,1H3,(H2,18,19,24). The number of piperidine rings is 2. The molecule has 1 atom stereocenters. The lowest BCUT2D eigenvalue weighted by molar-refractivity contribution is -0.132. The zero-order valence-corrected chi connectivity index (χ0v) is 14.4. The van der Waals surface area contributed by atoms with Crippen molar-refractivity contribution in [3.05, 3.63) is 21.6 Å². The van der Waals surface area contributed by atoms with Crippen LogP contribution in [0.25, 0.3) is 0 Å². The van der Waals surface area contributed by atoms with Gasteiger partial charge < -0.3 is 15.1 Å². The number of nitrogens with zero attached hydrogens (tertiary/aromatic N) is 2. The van der Waals surface area contributed by atoms with Crippen LogP contribution in [-0.4, -0.2) is 69.8 Å². The van der Waals surface area contributed by atoms with Gasteiger partial charge in [0.1, 0.15) is 0 Å². The van der Waals surface area contributed by atoms with Crippen LogP contribution in [0.2, 0.25) is 0 Å². The molecule has 1 amide bonds. The molecule has 2 saturated heterocycles. The Labute approximate surface area is 142 Å². The molecule has 2 aliphatic rings. The number of aromatic amines is 2. The minimum atomic E-state index is -0.195. The number of aryl methyl sites for hydroxylation is 1. The predicted octanol–water partition coefficient (Wildman–Crippen LogP) is 0.249. The molecule has 1 unspecified atom stereocenters.